The van der Waals surface area contributed by atoms with Crippen LogP contribution in [0.2, 0.25) is 0 Å². The van der Waals surface area contributed by atoms with Crippen molar-refractivity contribution in [2.45, 2.75) is 32.2 Å². The first-order valence-corrected chi connectivity index (χ1v) is 11.4. The maximum Gasteiger partial charge on any atom is 0.411 e. The van der Waals surface area contributed by atoms with E-state index >= 15 is 0 Å². The molecule has 1 aliphatic carbocycles. The van der Waals surface area contributed by atoms with Gasteiger partial charge >= 0.3 is 12.1 Å². The number of pyridine rings is 1. The van der Waals surface area contributed by atoms with Gasteiger partial charge in [0.1, 0.15) is 12.6 Å². The lowest BCUT2D eigenvalue weighted by Crippen LogP contribution is -2.44. The van der Waals surface area contributed by atoms with E-state index in [1.54, 1.807) is 26.0 Å². The fourth-order valence-corrected chi connectivity index (χ4v) is 4.26. The molecule has 1 aromatic heterocycles. The van der Waals surface area contributed by atoms with Crippen LogP contribution in [0.5, 0.6) is 0 Å². The van der Waals surface area contributed by atoms with Crippen molar-refractivity contribution in [1.82, 2.24) is 10.3 Å². The van der Waals surface area contributed by atoms with Crippen molar-refractivity contribution in [2.75, 3.05) is 11.9 Å². The zero-order valence-electron chi connectivity index (χ0n) is 19.5. The topological polar surface area (TPSA) is 118 Å². The molecule has 3 N–H and O–H groups in total. The summed E-state index contributed by atoms with van der Waals surface area (Å²) in [5, 5.41) is 14.4. The van der Waals surface area contributed by atoms with Crippen molar-refractivity contribution in [1.29, 1.82) is 0 Å². The lowest BCUT2D eigenvalue weighted by Gasteiger charge is -2.17. The van der Waals surface area contributed by atoms with E-state index in [0.717, 1.165) is 22.3 Å². The van der Waals surface area contributed by atoms with Crippen LogP contribution in [-0.2, 0) is 20.7 Å². The minimum Gasteiger partial charge on any atom is -0.480 e. The van der Waals surface area contributed by atoms with E-state index in [1.807, 2.05) is 24.3 Å². The number of anilines is 1. The number of carbonyl (C=O) groups excluding carboxylic acids is 2. The number of hydrogen-bond acceptors (Lipinski definition) is 5. The van der Waals surface area contributed by atoms with Gasteiger partial charge in [0.05, 0.1) is 18.3 Å². The molecule has 1 aliphatic rings. The second-order valence-electron chi connectivity index (χ2n) is 8.79. The van der Waals surface area contributed by atoms with Gasteiger partial charge in [-0.25, -0.2) is 9.59 Å². The predicted molar refractivity (Wildman–Crippen MR) is 131 cm³/mol. The fourth-order valence-electron chi connectivity index (χ4n) is 4.26. The van der Waals surface area contributed by atoms with Gasteiger partial charge in [0, 0.05) is 11.6 Å². The molecule has 0 aliphatic heterocycles. The van der Waals surface area contributed by atoms with Crippen LogP contribution in [0.15, 0.2) is 66.9 Å². The van der Waals surface area contributed by atoms with Crippen LogP contribution in [-0.4, -0.2) is 40.7 Å². The number of nitrogens with zero attached hydrogens (tertiary/aromatic N) is 1. The van der Waals surface area contributed by atoms with Crippen LogP contribution in [0.4, 0.5) is 10.5 Å². The molecule has 1 heterocycles. The van der Waals surface area contributed by atoms with Crippen molar-refractivity contribution in [3.63, 3.8) is 0 Å². The van der Waals surface area contributed by atoms with Gasteiger partial charge in [-0.2, -0.15) is 0 Å². The van der Waals surface area contributed by atoms with Gasteiger partial charge < -0.3 is 15.2 Å². The Labute approximate surface area is 203 Å². The summed E-state index contributed by atoms with van der Waals surface area (Å²) >= 11 is 0. The largest absolute Gasteiger partial charge is 0.480 e. The van der Waals surface area contributed by atoms with E-state index in [9.17, 15) is 19.5 Å². The molecule has 0 radical (unpaired) electrons. The Bertz CT molecular complexity index is 1190. The summed E-state index contributed by atoms with van der Waals surface area (Å²) in [6.07, 6.45) is 0.767. The Balaban J connectivity index is 1.32. The number of amides is 2. The third kappa shape index (κ3) is 5.48. The first-order chi connectivity index (χ1) is 16.8. The van der Waals surface area contributed by atoms with E-state index in [2.05, 4.69) is 39.9 Å². The molecule has 180 valence electrons. The van der Waals surface area contributed by atoms with Crippen molar-refractivity contribution >= 4 is 23.7 Å². The van der Waals surface area contributed by atoms with E-state index in [1.165, 1.54) is 6.20 Å². The third-order valence-corrected chi connectivity index (χ3v) is 6.01. The summed E-state index contributed by atoms with van der Waals surface area (Å²) in [5.74, 6) is -1.79. The summed E-state index contributed by atoms with van der Waals surface area (Å²) in [6.45, 7) is 3.65. The lowest BCUT2D eigenvalue weighted by atomic mass is 9.98. The second-order valence-corrected chi connectivity index (χ2v) is 8.79. The minimum absolute atomic E-state index is 0.0346. The zero-order valence-corrected chi connectivity index (χ0v) is 19.5. The standard InChI is InChI=1S/C27H27N3O5/c1-16(2)25(26(32)33)30-24(31)13-17-11-12-18(14-28-17)29-27(34)35-15-23-21-9-5-3-7-19(21)20-8-4-6-10-22(20)23/h3-12,14,16,23,25H,13,15H2,1-2H3,(H,29,34)(H,30,31)(H,32,33)/t25-/m1/s1. The van der Waals surface area contributed by atoms with Crippen LogP contribution in [0.3, 0.4) is 0 Å². The molecule has 8 nitrogen and oxygen atoms in total. The number of aliphatic carboxylic acids is 1. The summed E-state index contributed by atoms with van der Waals surface area (Å²) in [7, 11) is 0. The molecule has 3 aromatic rings. The average Bonchev–Trinajstić information content (AvgIpc) is 3.16. The molecule has 4 rings (SSSR count). The van der Waals surface area contributed by atoms with Gasteiger partial charge in [-0.3, -0.25) is 15.1 Å². The maximum absolute atomic E-state index is 12.4. The molecule has 2 aromatic carbocycles. The van der Waals surface area contributed by atoms with Gasteiger partial charge in [0.2, 0.25) is 5.91 Å². The van der Waals surface area contributed by atoms with E-state index in [4.69, 9.17) is 4.74 Å². The Morgan fingerprint density at radius 2 is 1.60 bits per heavy atom. The molecule has 0 bridgehead atoms. The number of carboxylic acids is 1. The Morgan fingerprint density at radius 1 is 0.971 bits per heavy atom. The highest BCUT2D eigenvalue weighted by Gasteiger charge is 2.29. The Kier molecular flexibility index (Phi) is 7.10. The number of carbonyl (C=O) groups is 3. The van der Waals surface area contributed by atoms with Gasteiger partial charge in [0.25, 0.3) is 0 Å². The Hall–Kier alpha value is -4.20. The smallest absolute Gasteiger partial charge is 0.411 e. The molecule has 0 fully saturated rings. The molecule has 35 heavy (non-hydrogen) atoms. The van der Waals surface area contributed by atoms with Crippen LogP contribution in [0.1, 0.15) is 36.6 Å². The molecule has 1 atom stereocenters. The quantitative estimate of drug-likeness (QED) is 0.451. The highest BCUT2D eigenvalue weighted by atomic mass is 16.5. The first-order valence-electron chi connectivity index (χ1n) is 11.4. The van der Waals surface area contributed by atoms with Gasteiger partial charge in [-0.05, 0) is 40.3 Å². The van der Waals surface area contributed by atoms with Crippen LogP contribution >= 0.6 is 0 Å². The number of rotatable bonds is 8. The van der Waals surface area contributed by atoms with Crippen molar-refractivity contribution in [2.24, 2.45) is 5.92 Å². The number of benzene rings is 2. The maximum atomic E-state index is 12.4. The van der Waals surface area contributed by atoms with E-state index in [0.29, 0.717) is 11.4 Å². The van der Waals surface area contributed by atoms with Crippen LogP contribution in [0.25, 0.3) is 11.1 Å². The molecule has 0 saturated carbocycles. The highest BCUT2D eigenvalue weighted by Crippen LogP contribution is 2.44. The SMILES string of the molecule is CC(C)[C@@H](NC(=O)Cc1ccc(NC(=O)OCC2c3ccccc3-c3ccccc32)cn1)C(=O)O. The molecule has 0 spiro atoms. The number of fused-ring (bicyclic) bond motifs is 3. The van der Waals surface area contributed by atoms with Crippen molar-refractivity contribution < 1.29 is 24.2 Å². The second kappa shape index (κ2) is 10.4. The highest BCUT2D eigenvalue weighted by molar-refractivity contribution is 5.86. The number of carboxylic acid groups (broad SMARTS) is 1. The number of hydrogen-bond donors (Lipinski definition) is 3. The van der Waals surface area contributed by atoms with E-state index in [-0.39, 0.29) is 24.9 Å². The monoisotopic (exact) mass is 473 g/mol. The first kappa shape index (κ1) is 23.9. The molecule has 2 amide bonds. The zero-order chi connectivity index (χ0) is 24.9. The molecular formula is C27H27N3O5. The van der Waals surface area contributed by atoms with E-state index < -0.39 is 24.0 Å². The lowest BCUT2D eigenvalue weighted by molar-refractivity contribution is -0.143. The summed E-state index contributed by atoms with van der Waals surface area (Å²) in [4.78, 5) is 40.0. The number of ether oxygens (including phenoxy) is 1. The number of nitrogens with one attached hydrogen (secondary N) is 2. The average molecular weight is 474 g/mol. The molecular weight excluding hydrogens is 446 g/mol. The normalized spacial score (nSPS) is 13.0. The molecule has 8 heteroatoms. The van der Waals surface area contributed by atoms with Gasteiger partial charge in [0.15, 0.2) is 0 Å². The fraction of sp³-hybridized carbons (Fsp3) is 0.259. The van der Waals surface area contributed by atoms with Gasteiger partial charge in [-0.15, -0.1) is 0 Å². The Morgan fingerprint density at radius 3 is 2.14 bits per heavy atom. The minimum atomic E-state index is -1.08. The third-order valence-electron chi connectivity index (χ3n) is 6.01. The predicted octanol–water partition coefficient (Wildman–Crippen LogP) is 4.21. The van der Waals surface area contributed by atoms with Crippen LogP contribution in [0, 0.1) is 5.92 Å². The van der Waals surface area contributed by atoms with Crippen LogP contribution < -0.4 is 10.6 Å². The van der Waals surface area contributed by atoms with Crippen molar-refractivity contribution in [3.05, 3.63) is 83.7 Å². The molecule has 0 saturated heterocycles. The molecule has 0 unspecified atom stereocenters. The summed E-state index contributed by atoms with van der Waals surface area (Å²) in [6, 6.07) is 18.5. The number of aromatic nitrogens is 1. The summed E-state index contributed by atoms with van der Waals surface area (Å²) in [5.41, 5.74) is 5.46. The van der Waals surface area contributed by atoms with Gasteiger partial charge in [-0.1, -0.05) is 62.4 Å². The summed E-state index contributed by atoms with van der Waals surface area (Å²) < 4.78 is 5.53. The van der Waals surface area contributed by atoms with Crippen molar-refractivity contribution in [3.8, 4) is 11.1 Å².